The van der Waals surface area contributed by atoms with Gasteiger partial charge < -0.3 is 5.32 Å². The molecule has 0 unspecified atom stereocenters. The summed E-state index contributed by atoms with van der Waals surface area (Å²) < 4.78 is 0. The van der Waals surface area contributed by atoms with Crippen LogP contribution in [-0.4, -0.2) is 18.5 Å². The lowest BCUT2D eigenvalue weighted by atomic mass is 9.94. The lowest BCUT2D eigenvalue weighted by Crippen LogP contribution is -2.41. The van der Waals surface area contributed by atoms with Gasteiger partial charge in [0.15, 0.2) is 0 Å². The summed E-state index contributed by atoms with van der Waals surface area (Å²) in [4.78, 5) is 23.5. The highest BCUT2D eigenvalue weighted by Crippen LogP contribution is 2.42. The summed E-state index contributed by atoms with van der Waals surface area (Å²) in [6, 6.07) is 8.33. The second kappa shape index (κ2) is 5.49. The normalized spacial score (nSPS) is 26.5. The summed E-state index contributed by atoms with van der Waals surface area (Å²) >= 11 is 0. The van der Waals surface area contributed by atoms with Gasteiger partial charge in [-0.2, -0.15) is 0 Å². The summed E-state index contributed by atoms with van der Waals surface area (Å²) in [6.45, 7) is 0.638. The average molecular weight is 270 g/mol. The van der Waals surface area contributed by atoms with Gasteiger partial charge in [-0.1, -0.05) is 30.4 Å². The van der Waals surface area contributed by atoms with Crippen LogP contribution in [0.1, 0.15) is 23.2 Å². The first-order valence-corrected chi connectivity index (χ1v) is 7.05. The highest BCUT2D eigenvalue weighted by molar-refractivity contribution is 6.04. The molecule has 1 aromatic rings. The maximum atomic E-state index is 11.8. The smallest absolute Gasteiger partial charge is 0.321 e. The number of carbonyl (C=O) groups is 2. The first-order valence-electron chi connectivity index (χ1n) is 7.05. The molecule has 20 heavy (non-hydrogen) atoms. The first kappa shape index (κ1) is 12.9. The molecule has 1 aromatic carbocycles. The van der Waals surface area contributed by atoms with Crippen LogP contribution in [-0.2, 0) is 0 Å². The van der Waals surface area contributed by atoms with Gasteiger partial charge in [0.25, 0.3) is 5.91 Å². The molecule has 104 valence electrons. The molecular formula is C16H18N2O2. The summed E-state index contributed by atoms with van der Waals surface area (Å²) in [7, 11) is 0. The number of hydrogen-bond donors (Lipinski definition) is 2. The minimum absolute atomic E-state index is 0.365. The number of allylic oxidation sites excluding steroid dienone is 2. The second-order valence-corrected chi connectivity index (χ2v) is 5.57. The minimum Gasteiger partial charge on any atom is -0.337 e. The Morgan fingerprint density at radius 3 is 2.55 bits per heavy atom. The molecular weight excluding hydrogens is 252 g/mol. The van der Waals surface area contributed by atoms with E-state index >= 15 is 0 Å². The van der Waals surface area contributed by atoms with Crippen LogP contribution in [0.2, 0.25) is 0 Å². The van der Waals surface area contributed by atoms with Gasteiger partial charge in [-0.25, -0.2) is 4.79 Å². The van der Waals surface area contributed by atoms with Gasteiger partial charge in [-0.15, -0.1) is 0 Å². The fourth-order valence-corrected chi connectivity index (χ4v) is 3.16. The Morgan fingerprint density at radius 1 is 1.10 bits per heavy atom. The molecule has 3 atom stereocenters. The molecule has 2 bridgehead atoms. The molecule has 2 N–H and O–H groups in total. The number of fused-ring (bicyclic) bond motifs is 2. The Morgan fingerprint density at radius 2 is 1.90 bits per heavy atom. The van der Waals surface area contributed by atoms with Crippen LogP contribution in [0.5, 0.6) is 0 Å². The van der Waals surface area contributed by atoms with Crippen molar-refractivity contribution in [3.05, 3.63) is 48.0 Å². The minimum atomic E-state index is -0.411. The van der Waals surface area contributed by atoms with Crippen molar-refractivity contribution in [3.8, 4) is 0 Å². The molecule has 2 aliphatic rings. The van der Waals surface area contributed by atoms with Gasteiger partial charge in [0.05, 0.1) is 0 Å². The van der Waals surface area contributed by atoms with Crippen molar-refractivity contribution in [1.82, 2.24) is 10.6 Å². The Balaban J connectivity index is 1.46. The molecule has 0 saturated heterocycles. The summed E-state index contributed by atoms with van der Waals surface area (Å²) in [6.07, 6.45) is 6.90. The van der Waals surface area contributed by atoms with E-state index in [1.807, 2.05) is 6.07 Å². The van der Waals surface area contributed by atoms with E-state index in [4.69, 9.17) is 0 Å². The van der Waals surface area contributed by atoms with Gasteiger partial charge in [-0.05, 0) is 42.7 Å². The van der Waals surface area contributed by atoms with E-state index in [0.717, 1.165) is 6.42 Å². The van der Waals surface area contributed by atoms with E-state index in [1.54, 1.807) is 24.3 Å². The van der Waals surface area contributed by atoms with Gasteiger partial charge in [0.1, 0.15) is 0 Å². The third-order valence-electron chi connectivity index (χ3n) is 4.20. The van der Waals surface area contributed by atoms with Crippen LogP contribution in [0.4, 0.5) is 4.79 Å². The zero-order valence-electron chi connectivity index (χ0n) is 11.2. The van der Waals surface area contributed by atoms with E-state index in [-0.39, 0.29) is 5.91 Å². The Kier molecular flexibility index (Phi) is 3.54. The van der Waals surface area contributed by atoms with Crippen LogP contribution in [0.15, 0.2) is 42.5 Å². The van der Waals surface area contributed by atoms with Gasteiger partial charge in [-0.3, -0.25) is 10.1 Å². The molecule has 0 aliphatic heterocycles. The number of nitrogens with one attached hydrogen (secondary N) is 2. The number of urea groups is 1. The predicted molar refractivity (Wildman–Crippen MR) is 76.2 cm³/mol. The molecule has 1 fully saturated rings. The lowest BCUT2D eigenvalue weighted by molar-refractivity contribution is 0.0963. The standard InChI is InChI=1S/C16H18N2O2/c19-15(12-4-2-1-3-5-12)18-16(20)17-10-14-9-11-6-7-13(14)8-11/h1-7,11,13-14H,8-10H2,(H2,17,18,19,20)/t11-,13-,14-/m0/s1. The van der Waals surface area contributed by atoms with Crippen LogP contribution in [0, 0.1) is 17.8 Å². The molecule has 3 rings (SSSR count). The van der Waals surface area contributed by atoms with Crippen LogP contribution in [0.25, 0.3) is 0 Å². The maximum Gasteiger partial charge on any atom is 0.321 e. The molecule has 2 aliphatic carbocycles. The summed E-state index contributed by atoms with van der Waals surface area (Å²) in [5.74, 6) is 1.45. The van der Waals surface area contributed by atoms with Gasteiger partial charge in [0, 0.05) is 12.1 Å². The van der Waals surface area contributed by atoms with Crippen molar-refractivity contribution in [2.45, 2.75) is 12.8 Å². The van der Waals surface area contributed by atoms with E-state index in [0.29, 0.717) is 29.9 Å². The number of imide groups is 1. The third-order valence-corrected chi connectivity index (χ3v) is 4.20. The Labute approximate surface area is 118 Å². The largest absolute Gasteiger partial charge is 0.337 e. The second-order valence-electron chi connectivity index (χ2n) is 5.57. The quantitative estimate of drug-likeness (QED) is 0.828. The van der Waals surface area contributed by atoms with Crippen molar-refractivity contribution in [3.63, 3.8) is 0 Å². The van der Waals surface area contributed by atoms with E-state index in [1.165, 1.54) is 6.42 Å². The Hall–Kier alpha value is -2.10. The van der Waals surface area contributed by atoms with Gasteiger partial charge in [0.2, 0.25) is 0 Å². The van der Waals surface area contributed by atoms with Gasteiger partial charge >= 0.3 is 6.03 Å². The molecule has 4 heteroatoms. The zero-order chi connectivity index (χ0) is 13.9. The van der Waals surface area contributed by atoms with Crippen molar-refractivity contribution in [1.29, 1.82) is 0 Å². The monoisotopic (exact) mass is 270 g/mol. The first-order chi connectivity index (χ1) is 9.72. The number of benzene rings is 1. The Bertz CT molecular complexity index is 539. The number of hydrogen-bond acceptors (Lipinski definition) is 2. The van der Waals surface area contributed by atoms with E-state index in [9.17, 15) is 9.59 Å². The zero-order valence-corrected chi connectivity index (χ0v) is 11.2. The highest BCUT2D eigenvalue weighted by Gasteiger charge is 2.35. The summed E-state index contributed by atoms with van der Waals surface area (Å²) in [5.41, 5.74) is 0.491. The lowest BCUT2D eigenvalue weighted by Gasteiger charge is -2.18. The SMILES string of the molecule is O=C(NC[C@@H]1C[C@H]2C=C[C@H]1C2)NC(=O)c1ccccc1. The molecule has 1 saturated carbocycles. The fourth-order valence-electron chi connectivity index (χ4n) is 3.16. The number of carbonyl (C=O) groups excluding carboxylic acids is 2. The van der Waals surface area contributed by atoms with E-state index in [2.05, 4.69) is 22.8 Å². The molecule has 0 heterocycles. The highest BCUT2D eigenvalue weighted by atomic mass is 16.2. The topological polar surface area (TPSA) is 58.2 Å². The van der Waals surface area contributed by atoms with Crippen LogP contribution in [0.3, 0.4) is 0 Å². The molecule has 0 radical (unpaired) electrons. The number of rotatable bonds is 3. The summed E-state index contributed by atoms with van der Waals surface area (Å²) in [5, 5.41) is 5.16. The predicted octanol–water partition coefficient (Wildman–Crippen LogP) is 2.34. The fraction of sp³-hybridized carbons (Fsp3) is 0.375. The van der Waals surface area contributed by atoms with Crippen LogP contribution < -0.4 is 10.6 Å². The van der Waals surface area contributed by atoms with E-state index < -0.39 is 6.03 Å². The average Bonchev–Trinajstić information content (AvgIpc) is 3.08. The molecule has 3 amide bonds. The third kappa shape index (κ3) is 2.74. The van der Waals surface area contributed by atoms with Crippen LogP contribution >= 0.6 is 0 Å². The molecule has 4 nitrogen and oxygen atoms in total. The number of amides is 3. The van der Waals surface area contributed by atoms with Crippen molar-refractivity contribution < 1.29 is 9.59 Å². The molecule has 0 spiro atoms. The van der Waals surface area contributed by atoms with Crippen molar-refractivity contribution in [2.75, 3.05) is 6.54 Å². The van der Waals surface area contributed by atoms with Crippen molar-refractivity contribution >= 4 is 11.9 Å². The molecule has 0 aromatic heterocycles. The maximum absolute atomic E-state index is 11.8. The van der Waals surface area contributed by atoms with Crippen molar-refractivity contribution in [2.24, 2.45) is 17.8 Å².